The average molecular weight is 477 g/mol. The number of nitrogens with zero attached hydrogens (tertiary/aromatic N) is 1. The molecule has 2 heterocycles. The van der Waals surface area contributed by atoms with Crippen LogP contribution in [0, 0.1) is 0 Å². The maximum Gasteiger partial charge on any atom is 0.337 e. The summed E-state index contributed by atoms with van der Waals surface area (Å²) in [6.45, 7) is 0.495. The molecule has 0 saturated carbocycles. The fraction of sp³-hybridized carbons (Fsp3) is 0.238. The van der Waals surface area contributed by atoms with E-state index in [0.717, 1.165) is 17.4 Å². The first-order valence-electron chi connectivity index (χ1n) is 9.50. The van der Waals surface area contributed by atoms with Crippen LogP contribution in [0.4, 0.5) is 5.69 Å². The van der Waals surface area contributed by atoms with Crippen LogP contribution < -0.4 is 5.32 Å². The number of benzene rings is 1. The average Bonchev–Trinajstić information content (AvgIpc) is 3.32. The molecule has 1 aliphatic heterocycles. The maximum atomic E-state index is 12.6. The van der Waals surface area contributed by atoms with Gasteiger partial charge in [0.1, 0.15) is 10.1 Å². The van der Waals surface area contributed by atoms with Crippen LogP contribution in [0.3, 0.4) is 0 Å². The first kappa shape index (κ1) is 23.0. The largest absolute Gasteiger partial charge is 0.508 e. The van der Waals surface area contributed by atoms with Gasteiger partial charge in [0, 0.05) is 17.8 Å². The fourth-order valence-electron chi connectivity index (χ4n) is 2.96. The Morgan fingerprint density at radius 1 is 1.19 bits per heavy atom. The lowest BCUT2D eigenvalue weighted by molar-refractivity contribution is -0.122. The number of thioether (sulfide) groups is 1. The van der Waals surface area contributed by atoms with Crippen molar-refractivity contribution in [3.8, 4) is 5.75 Å². The molecule has 31 heavy (non-hydrogen) atoms. The van der Waals surface area contributed by atoms with Crippen LogP contribution in [0.15, 0.2) is 40.6 Å². The molecule has 0 bridgehead atoms. The number of carbonyl (C=O) groups is 3. The van der Waals surface area contributed by atoms with Gasteiger partial charge >= 0.3 is 5.97 Å². The Hall–Kier alpha value is -2.69. The van der Waals surface area contributed by atoms with Crippen LogP contribution in [0.5, 0.6) is 5.75 Å². The van der Waals surface area contributed by atoms with Gasteiger partial charge in [0.05, 0.1) is 16.2 Å². The second-order valence-corrected chi connectivity index (χ2v) is 9.40. The maximum absolute atomic E-state index is 12.6. The number of amides is 2. The van der Waals surface area contributed by atoms with Crippen molar-refractivity contribution in [2.75, 3.05) is 11.9 Å². The number of hydrogen-bond donors (Lipinski definition) is 3. The summed E-state index contributed by atoms with van der Waals surface area (Å²) in [5, 5.41) is 23.1. The zero-order valence-electron chi connectivity index (χ0n) is 16.4. The van der Waals surface area contributed by atoms with Crippen molar-refractivity contribution in [2.24, 2.45) is 0 Å². The molecular formula is C21H20N2O5S3. The number of aromatic hydroxyl groups is 1. The van der Waals surface area contributed by atoms with Gasteiger partial charge in [-0.05, 0) is 48.6 Å². The fourth-order valence-corrected chi connectivity index (χ4v) is 4.99. The number of thiophene rings is 1. The van der Waals surface area contributed by atoms with Gasteiger partial charge in [-0.25, -0.2) is 4.79 Å². The van der Waals surface area contributed by atoms with E-state index in [1.807, 2.05) is 23.6 Å². The van der Waals surface area contributed by atoms with Gasteiger partial charge in [0.25, 0.3) is 5.91 Å². The second-order valence-electron chi connectivity index (χ2n) is 6.74. The second kappa shape index (κ2) is 10.6. The van der Waals surface area contributed by atoms with E-state index in [2.05, 4.69) is 5.32 Å². The molecule has 162 valence electrons. The molecule has 0 radical (unpaired) electrons. The van der Waals surface area contributed by atoms with Crippen molar-refractivity contribution in [3.05, 3.63) is 51.1 Å². The Bertz CT molecular complexity index is 1030. The van der Waals surface area contributed by atoms with E-state index in [-0.39, 0.29) is 35.2 Å². The van der Waals surface area contributed by atoms with Crippen LogP contribution in [0.2, 0.25) is 0 Å². The minimum atomic E-state index is -1.23. The molecule has 10 heteroatoms. The third-order valence-electron chi connectivity index (χ3n) is 4.48. The number of rotatable bonds is 9. The molecule has 1 aliphatic rings. The SMILES string of the molecule is O=C(CCCCCN1C(=O)/C(=C\c2cccs2)SC1=S)Nc1ccc(O)cc1C(=O)O. The highest BCUT2D eigenvalue weighted by molar-refractivity contribution is 8.26. The van der Waals surface area contributed by atoms with E-state index in [4.69, 9.17) is 12.2 Å². The van der Waals surface area contributed by atoms with Gasteiger partial charge < -0.3 is 15.5 Å². The smallest absolute Gasteiger partial charge is 0.337 e. The zero-order chi connectivity index (χ0) is 22.4. The quantitative estimate of drug-likeness (QED) is 0.211. The summed E-state index contributed by atoms with van der Waals surface area (Å²) in [7, 11) is 0. The summed E-state index contributed by atoms with van der Waals surface area (Å²) in [4.78, 5) is 39.1. The van der Waals surface area contributed by atoms with E-state index < -0.39 is 5.97 Å². The van der Waals surface area contributed by atoms with Crippen molar-refractivity contribution >= 4 is 69.2 Å². The minimum Gasteiger partial charge on any atom is -0.508 e. The molecule has 0 atom stereocenters. The Kier molecular flexibility index (Phi) is 7.83. The number of unbranched alkanes of at least 4 members (excludes halogenated alkanes) is 2. The number of phenols is 1. The van der Waals surface area contributed by atoms with Gasteiger partial charge in [-0.1, -0.05) is 36.5 Å². The molecule has 7 nitrogen and oxygen atoms in total. The first-order chi connectivity index (χ1) is 14.8. The number of carbonyl (C=O) groups excluding carboxylic acids is 2. The van der Waals surface area contributed by atoms with Crippen molar-refractivity contribution < 1.29 is 24.6 Å². The summed E-state index contributed by atoms with van der Waals surface area (Å²) in [6, 6.07) is 7.64. The highest BCUT2D eigenvalue weighted by Gasteiger charge is 2.31. The Balaban J connectivity index is 1.42. The molecule has 1 saturated heterocycles. The lowest BCUT2D eigenvalue weighted by atomic mass is 10.1. The van der Waals surface area contributed by atoms with Gasteiger partial charge in [-0.15, -0.1) is 11.3 Å². The van der Waals surface area contributed by atoms with Gasteiger partial charge in [-0.2, -0.15) is 0 Å². The number of carboxylic acids is 1. The number of nitrogens with one attached hydrogen (secondary N) is 1. The summed E-state index contributed by atoms with van der Waals surface area (Å²) in [6.07, 6.45) is 4.08. The summed E-state index contributed by atoms with van der Waals surface area (Å²) < 4.78 is 0.541. The highest BCUT2D eigenvalue weighted by Crippen LogP contribution is 2.33. The third kappa shape index (κ3) is 6.16. The summed E-state index contributed by atoms with van der Waals surface area (Å²) >= 11 is 8.18. The molecule has 3 N–H and O–H groups in total. The number of anilines is 1. The standard InChI is InChI=1S/C21H20N2O5S3/c24-13-7-8-16(15(11-13)20(27)28)22-18(25)6-2-1-3-9-23-19(26)17(31-21(23)29)12-14-5-4-10-30-14/h4-5,7-8,10-12,24H,1-3,6,9H2,(H,22,25)(H,27,28)/b17-12+. The molecule has 1 aromatic carbocycles. The number of carboxylic acid groups (broad SMARTS) is 1. The molecule has 0 unspecified atom stereocenters. The van der Waals surface area contributed by atoms with Gasteiger partial charge in [0.15, 0.2) is 0 Å². The van der Waals surface area contributed by atoms with Crippen molar-refractivity contribution in [1.82, 2.24) is 4.90 Å². The Morgan fingerprint density at radius 3 is 2.71 bits per heavy atom. The Labute approximate surface area is 192 Å². The zero-order valence-corrected chi connectivity index (χ0v) is 18.8. The topological polar surface area (TPSA) is 107 Å². The van der Waals surface area contributed by atoms with E-state index in [9.17, 15) is 24.6 Å². The van der Waals surface area contributed by atoms with Crippen molar-refractivity contribution in [3.63, 3.8) is 0 Å². The number of thiocarbonyl (C=S) groups is 1. The third-order valence-corrected chi connectivity index (χ3v) is 6.68. The molecular weight excluding hydrogens is 456 g/mol. The summed E-state index contributed by atoms with van der Waals surface area (Å²) in [5.74, 6) is -1.81. The normalized spacial score (nSPS) is 15.0. The van der Waals surface area contributed by atoms with Crippen LogP contribution in [-0.2, 0) is 9.59 Å². The number of hydrogen-bond acceptors (Lipinski definition) is 7. The van der Waals surface area contributed by atoms with E-state index in [1.54, 1.807) is 16.2 Å². The molecule has 1 fully saturated rings. The molecule has 3 rings (SSSR count). The van der Waals surface area contributed by atoms with Gasteiger partial charge in [0.2, 0.25) is 5.91 Å². The van der Waals surface area contributed by atoms with Gasteiger partial charge in [-0.3, -0.25) is 14.5 Å². The molecule has 1 aromatic heterocycles. The van der Waals surface area contributed by atoms with E-state index >= 15 is 0 Å². The molecule has 2 aromatic rings. The van der Waals surface area contributed by atoms with Crippen LogP contribution in [0.25, 0.3) is 6.08 Å². The van der Waals surface area contributed by atoms with E-state index in [1.165, 1.54) is 23.9 Å². The van der Waals surface area contributed by atoms with E-state index in [0.29, 0.717) is 28.6 Å². The highest BCUT2D eigenvalue weighted by atomic mass is 32.2. The van der Waals surface area contributed by atoms with Crippen LogP contribution in [-0.4, -0.2) is 43.8 Å². The molecule has 2 amide bonds. The predicted octanol–water partition coefficient (Wildman–Crippen LogP) is 4.55. The summed E-state index contributed by atoms with van der Waals surface area (Å²) in [5.41, 5.74) is -0.0243. The first-order valence-corrected chi connectivity index (χ1v) is 11.6. The Morgan fingerprint density at radius 2 is 2.00 bits per heavy atom. The monoisotopic (exact) mass is 476 g/mol. The lowest BCUT2D eigenvalue weighted by Gasteiger charge is -2.14. The molecule has 0 spiro atoms. The van der Waals surface area contributed by atoms with Crippen LogP contribution >= 0.6 is 35.3 Å². The van der Waals surface area contributed by atoms with Crippen molar-refractivity contribution in [1.29, 1.82) is 0 Å². The van der Waals surface area contributed by atoms with Crippen LogP contribution in [0.1, 0.15) is 40.9 Å². The lowest BCUT2D eigenvalue weighted by Crippen LogP contribution is -2.29. The minimum absolute atomic E-state index is 0.0883. The number of phenolic OH excluding ortho intramolecular Hbond substituents is 1. The predicted molar refractivity (Wildman–Crippen MR) is 126 cm³/mol. The van der Waals surface area contributed by atoms with Crippen molar-refractivity contribution in [2.45, 2.75) is 25.7 Å². The number of aromatic carboxylic acids is 1. The molecule has 0 aliphatic carbocycles.